The summed E-state index contributed by atoms with van der Waals surface area (Å²) in [5.74, 6) is 0.977. The van der Waals surface area contributed by atoms with Crippen LogP contribution in [0.3, 0.4) is 0 Å². The number of hydrogen-bond donors (Lipinski definition) is 4. The van der Waals surface area contributed by atoms with E-state index in [2.05, 4.69) is 20.8 Å². The number of nitrogens with two attached hydrogens (primary N) is 1. The van der Waals surface area contributed by atoms with E-state index in [1.807, 2.05) is 23.7 Å². The Hall–Kier alpha value is -1.86. The van der Waals surface area contributed by atoms with Gasteiger partial charge in [-0.2, -0.15) is 5.10 Å². The van der Waals surface area contributed by atoms with E-state index in [-0.39, 0.29) is 6.17 Å². The number of aromatic amines is 1. The maximum Gasteiger partial charge on any atom is 0.150 e. The number of nitrogens with zero attached hydrogens (tertiary/aromatic N) is 2. The fourth-order valence-corrected chi connectivity index (χ4v) is 4.47. The first kappa shape index (κ1) is 13.8. The number of anilines is 1. The van der Waals surface area contributed by atoms with Gasteiger partial charge in [-0.15, -0.1) is 11.3 Å². The Morgan fingerprint density at radius 2 is 2.27 bits per heavy atom. The molecule has 0 fully saturated rings. The second-order valence-corrected chi connectivity index (χ2v) is 6.79. The number of thiophene rings is 1. The van der Waals surface area contributed by atoms with Gasteiger partial charge in [0.05, 0.1) is 11.8 Å². The molecule has 6 nitrogen and oxygen atoms in total. The van der Waals surface area contributed by atoms with E-state index in [0.717, 1.165) is 24.4 Å². The molecule has 0 amide bonds. The number of aromatic nitrogens is 2. The Morgan fingerprint density at radius 1 is 1.36 bits per heavy atom. The zero-order chi connectivity index (χ0) is 14.9. The Labute approximate surface area is 133 Å². The van der Waals surface area contributed by atoms with Gasteiger partial charge in [-0.3, -0.25) is 5.10 Å². The highest BCUT2D eigenvalue weighted by molar-refractivity contribution is 7.16. The lowest BCUT2D eigenvalue weighted by molar-refractivity contribution is 0.694. The van der Waals surface area contributed by atoms with Crippen LogP contribution in [0.1, 0.15) is 40.6 Å². The van der Waals surface area contributed by atoms with Gasteiger partial charge in [0.15, 0.2) is 6.17 Å². The minimum atomic E-state index is -0.0911. The summed E-state index contributed by atoms with van der Waals surface area (Å²) in [6, 6.07) is 0. The summed E-state index contributed by atoms with van der Waals surface area (Å²) in [5, 5.41) is 15.1. The van der Waals surface area contributed by atoms with Gasteiger partial charge in [-0.25, -0.2) is 4.99 Å². The molecule has 1 atom stereocenters. The minimum Gasteiger partial charge on any atom is -0.368 e. The van der Waals surface area contributed by atoms with Crippen molar-refractivity contribution in [1.29, 1.82) is 0 Å². The molecule has 116 valence electrons. The number of H-pyrrole nitrogens is 1. The van der Waals surface area contributed by atoms with Gasteiger partial charge in [0.25, 0.3) is 0 Å². The second-order valence-electron chi connectivity index (χ2n) is 5.69. The Kier molecular flexibility index (Phi) is 3.59. The van der Waals surface area contributed by atoms with Gasteiger partial charge in [-0.05, 0) is 31.2 Å². The van der Waals surface area contributed by atoms with Gasteiger partial charge in [0, 0.05) is 29.7 Å². The van der Waals surface area contributed by atoms with E-state index in [1.165, 1.54) is 40.3 Å². The number of aryl methyl sites for hydroxylation is 1. The van der Waals surface area contributed by atoms with E-state index in [9.17, 15) is 0 Å². The molecule has 0 saturated carbocycles. The first-order valence-corrected chi connectivity index (χ1v) is 8.60. The van der Waals surface area contributed by atoms with Crippen molar-refractivity contribution < 1.29 is 0 Å². The van der Waals surface area contributed by atoms with E-state index in [4.69, 9.17) is 10.7 Å². The van der Waals surface area contributed by atoms with Gasteiger partial charge in [0.1, 0.15) is 10.8 Å². The molecule has 2 aliphatic rings. The van der Waals surface area contributed by atoms with E-state index >= 15 is 0 Å². The molecule has 7 heteroatoms. The molecular weight excluding hydrogens is 296 g/mol. The van der Waals surface area contributed by atoms with Crippen molar-refractivity contribution in [2.45, 2.75) is 31.8 Å². The number of fused-ring (bicyclic) bond motifs is 3. The maximum atomic E-state index is 5.66. The molecule has 2 aromatic rings. The molecule has 1 aliphatic carbocycles. The van der Waals surface area contributed by atoms with Crippen LogP contribution in [0.25, 0.3) is 0 Å². The van der Waals surface area contributed by atoms with Crippen LogP contribution in [0.4, 0.5) is 5.00 Å². The monoisotopic (exact) mass is 316 g/mol. The smallest absolute Gasteiger partial charge is 0.150 e. The molecular formula is C15H20N6S. The van der Waals surface area contributed by atoms with Crippen LogP contribution >= 0.6 is 11.3 Å². The normalized spacial score (nSPS) is 19.9. The topological polar surface area (TPSA) is 91.1 Å². The molecule has 0 aromatic carbocycles. The van der Waals surface area contributed by atoms with Crippen molar-refractivity contribution in [2.24, 2.45) is 10.7 Å². The van der Waals surface area contributed by atoms with Crippen LogP contribution < -0.4 is 16.4 Å². The highest BCUT2D eigenvalue weighted by Gasteiger charge is 2.29. The molecule has 4 rings (SSSR count). The molecule has 22 heavy (non-hydrogen) atoms. The lowest BCUT2D eigenvalue weighted by Crippen LogP contribution is -2.34. The lowest BCUT2D eigenvalue weighted by Gasteiger charge is -2.24. The standard InChI is InChI=1S/C15H20N6S/c16-5-6-17-14-12-10-3-1-2-4-11(10)22-15(12)21-13(20-14)9-7-18-19-8-9/h7-8,13,21H,1-6,16H2,(H,17,20)(H,18,19). The van der Waals surface area contributed by atoms with Gasteiger partial charge in [-0.1, -0.05) is 0 Å². The summed E-state index contributed by atoms with van der Waals surface area (Å²) < 4.78 is 0. The van der Waals surface area contributed by atoms with Crippen molar-refractivity contribution in [3.05, 3.63) is 34.0 Å². The van der Waals surface area contributed by atoms with E-state index in [1.54, 1.807) is 0 Å². The van der Waals surface area contributed by atoms with Crippen molar-refractivity contribution in [3.8, 4) is 0 Å². The molecule has 2 aromatic heterocycles. The number of aliphatic imine (C=N–C) groups is 1. The number of rotatable bonds is 3. The lowest BCUT2D eigenvalue weighted by atomic mass is 9.94. The molecule has 1 aliphatic heterocycles. The summed E-state index contributed by atoms with van der Waals surface area (Å²) in [7, 11) is 0. The molecule has 3 heterocycles. The van der Waals surface area contributed by atoms with Crippen LogP contribution in [-0.4, -0.2) is 29.1 Å². The first-order valence-electron chi connectivity index (χ1n) is 7.78. The Balaban J connectivity index is 1.75. The molecule has 0 spiro atoms. The number of nitrogens with one attached hydrogen (secondary N) is 3. The highest BCUT2D eigenvalue weighted by atomic mass is 32.1. The van der Waals surface area contributed by atoms with Crippen LogP contribution in [0.5, 0.6) is 0 Å². The molecule has 0 bridgehead atoms. The average molecular weight is 316 g/mol. The Bertz CT molecular complexity index is 687. The van der Waals surface area contributed by atoms with Gasteiger partial charge >= 0.3 is 0 Å². The van der Waals surface area contributed by atoms with E-state index < -0.39 is 0 Å². The summed E-state index contributed by atoms with van der Waals surface area (Å²) in [4.78, 5) is 6.38. The number of amidine groups is 1. The largest absolute Gasteiger partial charge is 0.368 e. The fourth-order valence-electron chi connectivity index (χ4n) is 3.16. The highest BCUT2D eigenvalue weighted by Crippen LogP contribution is 2.42. The van der Waals surface area contributed by atoms with Crippen LogP contribution in [0.2, 0.25) is 0 Å². The number of hydrogen-bond acceptors (Lipinski definition) is 6. The van der Waals surface area contributed by atoms with Crippen LogP contribution in [0, 0.1) is 0 Å². The summed E-state index contributed by atoms with van der Waals surface area (Å²) >= 11 is 1.88. The van der Waals surface area contributed by atoms with Gasteiger partial charge in [0.2, 0.25) is 0 Å². The second kappa shape index (κ2) is 5.73. The Morgan fingerprint density at radius 3 is 3.09 bits per heavy atom. The third-order valence-corrected chi connectivity index (χ3v) is 5.43. The van der Waals surface area contributed by atoms with Gasteiger partial charge < -0.3 is 16.4 Å². The SMILES string of the molecule is NCCNC1=NC(c2cn[nH]c2)Nc2sc3c(c21)CCCC3. The molecule has 0 radical (unpaired) electrons. The predicted octanol–water partition coefficient (Wildman–Crippen LogP) is 1.77. The van der Waals surface area contributed by atoms with Crippen LogP contribution in [-0.2, 0) is 12.8 Å². The quantitative estimate of drug-likeness (QED) is 0.694. The van der Waals surface area contributed by atoms with Crippen molar-refractivity contribution in [3.63, 3.8) is 0 Å². The third-order valence-electron chi connectivity index (χ3n) is 4.21. The molecule has 0 saturated heterocycles. The zero-order valence-corrected chi connectivity index (χ0v) is 13.2. The molecule has 1 unspecified atom stereocenters. The maximum absolute atomic E-state index is 5.66. The summed E-state index contributed by atoms with van der Waals surface area (Å²) in [6.07, 6.45) is 8.52. The summed E-state index contributed by atoms with van der Waals surface area (Å²) in [5.41, 5.74) is 9.46. The van der Waals surface area contributed by atoms with E-state index in [0.29, 0.717) is 6.54 Å². The fraction of sp³-hybridized carbons (Fsp3) is 0.467. The average Bonchev–Trinajstić information content (AvgIpc) is 3.19. The minimum absolute atomic E-state index is 0.0911. The van der Waals surface area contributed by atoms with Crippen molar-refractivity contribution >= 4 is 22.2 Å². The molecule has 5 N–H and O–H groups in total. The van der Waals surface area contributed by atoms with Crippen LogP contribution in [0.15, 0.2) is 17.4 Å². The summed E-state index contributed by atoms with van der Waals surface area (Å²) in [6.45, 7) is 1.34. The third kappa shape index (κ3) is 2.30. The van der Waals surface area contributed by atoms with Crippen molar-refractivity contribution in [1.82, 2.24) is 15.5 Å². The predicted molar refractivity (Wildman–Crippen MR) is 89.5 cm³/mol. The first-order chi connectivity index (χ1) is 10.9. The zero-order valence-electron chi connectivity index (χ0n) is 12.4. The van der Waals surface area contributed by atoms with Crippen molar-refractivity contribution in [2.75, 3.05) is 18.4 Å².